The summed E-state index contributed by atoms with van der Waals surface area (Å²) < 4.78 is 5.45. The Morgan fingerprint density at radius 3 is 2.67 bits per heavy atom. The maximum atomic E-state index is 5.50. The van der Waals surface area contributed by atoms with E-state index in [1.807, 2.05) is 0 Å². The summed E-state index contributed by atoms with van der Waals surface area (Å²) in [4.78, 5) is 10.8. The summed E-state index contributed by atoms with van der Waals surface area (Å²) in [5.41, 5.74) is 2.93. The molecule has 21 heavy (non-hydrogen) atoms. The fourth-order valence-corrected chi connectivity index (χ4v) is 3.05. The van der Waals surface area contributed by atoms with Crippen molar-refractivity contribution in [2.24, 2.45) is 17.2 Å². The number of methoxy groups -OCH3 is 1. The minimum Gasteiger partial charge on any atom is -0.490 e. The number of nitrogens with zero attached hydrogens (tertiary/aromatic N) is 3. The number of aromatic nitrogens is 2. The molecular weight excluding hydrogens is 266 g/mol. The molecule has 1 saturated heterocycles. The van der Waals surface area contributed by atoms with Gasteiger partial charge in [0, 0.05) is 13.1 Å². The lowest BCUT2D eigenvalue weighted by Gasteiger charge is -2.30. The number of anilines is 2. The lowest BCUT2D eigenvalue weighted by molar-refractivity contribution is 0.220. The molecule has 0 aliphatic carbocycles. The van der Waals surface area contributed by atoms with Gasteiger partial charge in [-0.15, -0.1) is 0 Å². The zero-order valence-electron chi connectivity index (χ0n) is 13.5. The normalized spacial score (nSPS) is 20.0. The third-order valence-electron chi connectivity index (χ3n) is 4.38. The molecule has 6 nitrogen and oxygen atoms in total. The van der Waals surface area contributed by atoms with E-state index in [1.165, 1.54) is 25.6 Å². The van der Waals surface area contributed by atoms with E-state index in [2.05, 4.69) is 41.1 Å². The summed E-state index contributed by atoms with van der Waals surface area (Å²) in [5, 5.41) is 0. The molecule has 1 unspecified atom stereocenters. The van der Waals surface area contributed by atoms with Crippen LogP contribution in [-0.4, -0.2) is 30.2 Å². The molecule has 1 atom stereocenters. The molecule has 0 spiro atoms. The molecule has 0 amide bonds. The Hall–Kier alpha value is -1.56. The van der Waals surface area contributed by atoms with Gasteiger partial charge in [0.05, 0.1) is 7.11 Å². The SMILES string of the molecule is COc1c(NN)ncnc1N1CCCC(C(C)(C)C)CC1. The summed E-state index contributed by atoms with van der Waals surface area (Å²) in [6.07, 6.45) is 5.12. The van der Waals surface area contributed by atoms with Crippen LogP contribution in [0.15, 0.2) is 6.33 Å². The monoisotopic (exact) mass is 293 g/mol. The Kier molecular flexibility index (Phi) is 4.88. The van der Waals surface area contributed by atoms with E-state index in [0.29, 0.717) is 17.0 Å². The second-order valence-corrected chi connectivity index (χ2v) is 6.70. The summed E-state index contributed by atoms with van der Waals surface area (Å²) >= 11 is 0. The molecule has 0 saturated carbocycles. The number of rotatable bonds is 3. The van der Waals surface area contributed by atoms with Gasteiger partial charge in [0.15, 0.2) is 11.6 Å². The van der Waals surface area contributed by atoms with E-state index >= 15 is 0 Å². The molecule has 0 aromatic carbocycles. The van der Waals surface area contributed by atoms with Gasteiger partial charge in [-0.25, -0.2) is 15.8 Å². The number of ether oxygens (including phenoxy) is 1. The van der Waals surface area contributed by atoms with Crippen LogP contribution in [0.4, 0.5) is 11.6 Å². The molecular formula is C15H27N5O. The summed E-state index contributed by atoms with van der Waals surface area (Å²) in [5.74, 6) is 8.21. The van der Waals surface area contributed by atoms with Gasteiger partial charge in [0.1, 0.15) is 6.33 Å². The van der Waals surface area contributed by atoms with Crippen LogP contribution >= 0.6 is 0 Å². The zero-order chi connectivity index (χ0) is 15.5. The third kappa shape index (κ3) is 3.56. The molecule has 2 heterocycles. The van der Waals surface area contributed by atoms with Crippen molar-refractivity contribution in [1.82, 2.24) is 9.97 Å². The Balaban J connectivity index is 2.20. The van der Waals surface area contributed by atoms with Gasteiger partial charge in [-0.2, -0.15) is 0 Å². The highest BCUT2D eigenvalue weighted by atomic mass is 16.5. The third-order valence-corrected chi connectivity index (χ3v) is 4.38. The van der Waals surface area contributed by atoms with E-state index in [9.17, 15) is 0 Å². The van der Waals surface area contributed by atoms with E-state index in [-0.39, 0.29) is 0 Å². The quantitative estimate of drug-likeness (QED) is 0.658. The van der Waals surface area contributed by atoms with Crippen LogP contribution in [0.1, 0.15) is 40.0 Å². The summed E-state index contributed by atoms with van der Waals surface area (Å²) in [6.45, 7) is 8.96. The van der Waals surface area contributed by atoms with Gasteiger partial charge in [-0.1, -0.05) is 20.8 Å². The highest BCUT2D eigenvalue weighted by Crippen LogP contribution is 2.37. The van der Waals surface area contributed by atoms with E-state index < -0.39 is 0 Å². The predicted octanol–water partition coefficient (Wildman–Crippen LogP) is 2.42. The molecule has 6 heteroatoms. The molecule has 1 aliphatic rings. The Bertz CT molecular complexity index is 472. The highest BCUT2D eigenvalue weighted by molar-refractivity contribution is 5.64. The second kappa shape index (κ2) is 6.47. The molecule has 1 aliphatic heterocycles. The van der Waals surface area contributed by atoms with Crippen molar-refractivity contribution in [1.29, 1.82) is 0 Å². The minimum absolute atomic E-state index is 0.357. The fraction of sp³-hybridized carbons (Fsp3) is 0.733. The second-order valence-electron chi connectivity index (χ2n) is 6.70. The first kappa shape index (κ1) is 15.8. The first-order valence-corrected chi connectivity index (χ1v) is 7.58. The number of nitrogens with one attached hydrogen (secondary N) is 1. The molecule has 1 aromatic rings. The lowest BCUT2D eigenvalue weighted by atomic mass is 9.77. The predicted molar refractivity (Wildman–Crippen MR) is 85.4 cm³/mol. The summed E-state index contributed by atoms with van der Waals surface area (Å²) in [7, 11) is 1.62. The molecule has 118 valence electrons. The molecule has 0 radical (unpaired) electrons. The van der Waals surface area contributed by atoms with Crippen molar-refractivity contribution in [2.45, 2.75) is 40.0 Å². The van der Waals surface area contributed by atoms with Gasteiger partial charge < -0.3 is 15.1 Å². The van der Waals surface area contributed by atoms with Gasteiger partial charge >= 0.3 is 0 Å². The van der Waals surface area contributed by atoms with Crippen LogP contribution in [0.5, 0.6) is 5.75 Å². The van der Waals surface area contributed by atoms with Gasteiger partial charge in [-0.05, 0) is 30.6 Å². The standard InChI is InChI=1S/C15H27N5O/c1-15(2,3)11-6-5-8-20(9-7-11)14-12(21-4)13(19-16)17-10-18-14/h10-11H,5-9,16H2,1-4H3,(H,17,18,19). The van der Waals surface area contributed by atoms with E-state index in [0.717, 1.165) is 24.8 Å². The average Bonchev–Trinajstić information content (AvgIpc) is 2.71. The van der Waals surface area contributed by atoms with Gasteiger partial charge in [0.2, 0.25) is 5.75 Å². The van der Waals surface area contributed by atoms with Crippen molar-refractivity contribution < 1.29 is 4.74 Å². The Morgan fingerprint density at radius 1 is 1.29 bits per heavy atom. The number of hydrogen-bond donors (Lipinski definition) is 2. The zero-order valence-corrected chi connectivity index (χ0v) is 13.5. The number of nitrogen functional groups attached to an aromatic ring is 1. The average molecular weight is 293 g/mol. The lowest BCUT2D eigenvalue weighted by Crippen LogP contribution is -2.27. The number of hydrazine groups is 1. The van der Waals surface area contributed by atoms with Crippen LogP contribution in [0, 0.1) is 11.3 Å². The fourth-order valence-electron chi connectivity index (χ4n) is 3.05. The van der Waals surface area contributed by atoms with Crippen LogP contribution in [0.25, 0.3) is 0 Å². The topological polar surface area (TPSA) is 76.3 Å². The first-order valence-electron chi connectivity index (χ1n) is 7.58. The minimum atomic E-state index is 0.357. The maximum Gasteiger partial charge on any atom is 0.205 e. The van der Waals surface area contributed by atoms with Crippen molar-refractivity contribution in [3.8, 4) is 5.75 Å². The largest absolute Gasteiger partial charge is 0.490 e. The molecule has 0 bridgehead atoms. The van der Waals surface area contributed by atoms with Crippen molar-refractivity contribution in [3.63, 3.8) is 0 Å². The van der Waals surface area contributed by atoms with E-state index in [1.54, 1.807) is 7.11 Å². The van der Waals surface area contributed by atoms with Crippen molar-refractivity contribution >= 4 is 11.6 Å². The molecule has 1 aromatic heterocycles. The molecule has 2 rings (SSSR count). The molecule has 3 N–H and O–H groups in total. The Labute approximate surface area is 127 Å². The number of nitrogens with two attached hydrogens (primary N) is 1. The van der Waals surface area contributed by atoms with Crippen molar-refractivity contribution in [2.75, 3.05) is 30.5 Å². The maximum absolute atomic E-state index is 5.50. The van der Waals surface area contributed by atoms with Crippen LogP contribution < -0.4 is 20.9 Å². The van der Waals surface area contributed by atoms with Gasteiger partial charge in [-0.3, -0.25) is 0 Å². The highest BCUT2D eigenvalue weighted by Gasteiger charge is 2.28. The van der Waals surface area contributed by atoms with E-state index in [4.69, 9.17) is 10.6 Å². The van der Waals surface area contributed by atoms with Crippen LogP contribution in [0.2, 0.25) is 0 Å². The van der Waals surface area contributed by atoms with Crippen molar-refractivity contribution in [3.05, 3.63) is 6.33 Å². The Morgan fingerprint density at radius 2 is 2.05 bits per heavy atom. The smallest absolute Gasteiger partial charge is 0.205 e. The summed E-state index contributed by atoms with van der Waals surface area (Å²) in [6, 6.07) is 0. The number of hydrogen-bond acceptors (Lipinski definition) is 6. The van der Waals surface area contributed by atoms with Gasteiger partial charge in [0.25, 0.3) is 0 Å². The van der Waals surface area contributed by atoms with Crippen LogP contribution in [0.3, 0.4) is 0 Å². The molecule has 1 fully saturated rings. The first-order chi connectivity index (χ1) is 9.97. The van der Waals surface area contributed by atoms with Crippen LogP contribution in [-0.2, 0) is 0 Å².